The number of aromatic amines is 1. The van der Waals surface area contributed by atoms with Crippen LogP contribution in [0.4, 0.5) is 10.5 Å². The number of allylic oxidation sites excluding steroid dienone is 4. The molecule has 1 fully saturated rings. The number of rotatable bonds is 4. The van der Waals surface area contributed by atoms with Crippen LogP contribution < -0.4 is 21.5 Å². The molecule has 5 rings (SSSR count). The first-order valence-corrected chi connectivity index (χ1v) is 13.0. The fourth-order valence-electron chi connectivity index (χ4n) is 5.19. The van der Waals surface area contributed by atoms with Crippen LogP contribution in [-0.2, 0) is 9.59 Å². The van der Waals surface area contributed by atoms with Crippen LogP contribution in [0.3, 0.4) is 0 Å². The lowest BCUT2D eigenvalue weighted by Crippen LogP contribution is -2.54. The Bertz CT molecular complexity index is 1790. The molecular weight excluding hydrogens is 524 g/mol. The van der Waals surface area contributed by atoms with Gasteiger partial charge >= 0.3 is 11.7 Å². The molecule has 1 aromatic heterocycles. The predicted molar refractivity (Wildman–Crippen MR) is 154 cm³/mol. The van der Waals surface area contributed by atoms with Gasteiger partial charge in [-0.3, -0.25) is 24.7 Å². The molecule has 2 heterocycles. The van der Waals surface area contributed by atoms with Crippen molar-refractivity contribution in [2.45, 2.75) is 33.6 Å². The molecule has 4 amide bonds. The fourth-order valence-corrected chi connectivity index (χ4v) is 5.19. The third-order valence-electron chi connectivity index (χ3n) is 7.19. The summed E-state index contributed by atoms with van der Waals surface area (Å²) in [6, 6.07) is 15.9. The number of amides is 4. The number of hydrogen-bond donors (Lipinski definition) is 3. The van der Waals surface area contributed by atoms with Gasteiger partial charge in [0.1, 0.15) is 11.1 Å². The van der Waals surface area contributed by atoms with Crippen molar-refractivity contribution >= 4 is 29.6 Å². The maximum absolute atomic E-state index is 13.4. The van der Waals surface area contributed by atoms with E-state index in [1.165, 1.54) is 12.2 Å². The minimum Gasteiger partial charge on any atom is -0.494 e. The summed E-state index contributed by atoms with van der Waals surface area (Å²) in [5, 5.41) is 13.3. The van der Waals surface area contributed by atoms with E-state index in [-0.39, 0.29) is 16.6 Å². The molecule has 0 atom stereocenters. The van der Waals surface area contributed by atoms with Crippen molar-refractivity contribution in [1.29, 1.82) is 0 Å². The van der Waals surface area contributed by atoms with Crippen LogP contribution in [0.5, 0.6) is 5.88 Å². The van der Waals surface area contributed by atoms with Crippen LogP contribution in [0.25, 0.3) is 11.8 Å². The minimum atomic E-state index is -0.832. The van der Waals surface area contributed by atoms with E-state index >= 15 is 0 Å². The molecule has 3 N–H and O–H groups in total. The highest BCUT2D eigenvalue weighted by molar-refractivity contribution is 6.37. The molecule has 41 heavy (non-hydrogen) atoms. The summed E-state index contributed by atoms with van der Waals surface area (Å²) in [6.07, 6.45) is 4.04. The van der Waals surface area contributed by atoms with Gasteiger partial charge in [-0.25, -0.2) is 19.1 Å². The Labute approximate surface area is 235 Å². The van der Waals surface area contributed by atoms with Gasteiger partial charge in [0.15, 0.2) is 0 Å². The highest BCUT2D eigenvalue weighted by atomic mass is 16.3. The second-order valence-electron chi connectivity index (χ2n) is 10.8. The van der Waals surface area contributed by atoms with Gasteiger partial charge in [0.25, 0.3) is 17.4 Å². The summed E-state index contributed by atoms with van der Waals surface area (Å²) in [5.41, 5.74) is 0.599. The summed E-state index contributed by atoms with van der Waals surface area (Å²) in [5.74, 6) is -2.05. The lowest BCUT2D eigenvalue weighted by Gasteiger charge is -2.34. The second-order valence-corrected chi connectivity index (χ2v) is 10.8. The SMILES string of the molecule is CC1=C(C=C2C(=O)NC(=O)N(c3ccccc3)C2=O)CC(C)(C)CC1=Cc1c(O)n(-c2ccccc2)c(=O)[nH]c1=O. The first kappa shape index (κ1) is 27.3. The zero-order valence-corrected chi connectivity index (χ0v) is 22.7. The zero-order chi connectivity index (χ0) is 29.5. The van der Waals surface area contributed by atoms with Crippen LogP contribution in [0, 0.1) is 5.41 Å². The average molecular weight is 553 g/mol. The Balaban J connectivity index is 1.62. The Kier molecular flexibility index (Phi) is 6.92. The van der Waals surface area contributed by atoms with E-state index in [1.807, 2.05) is 13.8 Å². The van der Waals surface area contributed by atoms with Crippen molar-refractivity contribution < 1.29 is 19.5 Å². The van der Waals surface area contributed by atoms with E-state index in [0.717, 1.165) is 9.47 Å². The molecule has 10 nitrogen and oxygen atoms in total. The maximum atomic E-state index is 13.4. The van der Waals surface area contributed by atoms with Crippen molar-refractivity contribution in [1.82, 2.24) is 14.9 Å². The second kappa shape index (κ2) is 10.4. The Morgan fingerprint density at radius 2 is 1.46 bits per heavy atom. The smallest absolute Gasteiger partial charge is 0.335 e. The molecule has 1 saturated heterocycles. The van der Waals surface area contributed by atoms with Crippen LogP contribution in [0.15, 0.2) is 98.6 Å². The van der Waals surface area contributed by atoms with Crippen LogP contribution >= 0.6 is 0 Å². The monoisotopic (exact) mass is 552 g/mol. The van der Waals surface area contributed by atoms with Crippen molar-refractivity contribution in [2.24, 2.45) is 5.41 Å². The van der Waals surface area contributed by atoms with E-state index in [9.17, 15) is 29.1 Å². The van der Waals surface area contributed by atoms with Gasteiger partial charge in [-0.1, -0.05) is 50.2 Å². The number of urea groups is 1. The van der Waals surface area contributed by atoms with Gasteiger partial charge in [0.05, 0.1) is 11.4 Å². The maximum Gasteiger partial charge on any atom is 0.335 e. The number of aromatic hydroxyl groups is 1. The summed E-state index contributed by atoms with van der Waals surface area (Å²) >= 11 is 0. The Morgan fingerprint density at radius 3 is 2.10 bits per heavy atom. The van der Waals surface area contributed by atoms with Crippen LogP contribution in [0.1, 0.15) is 39.2 Å². The summed E-state index contributed by atoms with van der Waals surface area (Å²) in [4.78, 5) is 67.3. The normalized spacial score (nSPS) is 19.2. The number of para-hydroxylation sites is 2. The Morgan fingerprint density at radius 1 is 0.854 bits per heavy atom. The van der Waals surface area contributed by atoms with Crippen molar-refractivity contribution in [2.75, 3.05) is 4.90 Å². The lowest BCUT2D eigenvalue weighted by atomic mass is 9.71. The molecule has 1 aliphatic heterocycles. The zero-order valence-electron chi connectivity index (χ0n) is 22.7. The summed E-state index contributed by atoms with van der Waals surface area (Å²) in [6.45, 7) is 5.81. The lowest BCUT2D eigenvalue weighted by molar-refractivity contribution is -0.122. The number of barbiturate groups is 1. The molecule has 2 aromatic carbocycles. The van der Waals surface area contributed by atoms with Gasteiger partial charge in [-0.05, 0) is 78.3 Å². The van der Waals surface area contributed by atoms with Gasteiger partial charge in [-0.2, -0.15) is 0 Å². The number of nitrogens with zero attached hydrogens (tertiary/aromatic N) is 2. The molecule has 208 valence electrons. The highest BCUT2D eigenvalue weighted by Gasteiger charge is 2.38. The molecule has 0 radical (unpaired) electrons. The van der Waals surface area contributed by atoms with Crippen LogP contribution in [-0.4, -0.2) is 32.5 Å². The van der Waals surface area contributed by atoms with Crippen molar-refractivity contribution in [3.05, 3.63) is 115 Å². The van der Waals surface area contributed by atoms with Gasteiger partial charge in [0, 0.05) is 0 Å². The third-order valence-corrected chi connectivity index (χ3v) is 7.19. The molecule has 10 heteroatoms. The first-order valence-electron chi connectivity index (χ1n) is 13.0. The number of anilines is 1. The molecule has 1 aliphatic carbocycles. The molecule has 0 saturated carbocycles. The predicted octanol–water partition coefficient (Wildman–Crippen LogP) is 3.96. The van der Waals surface area contributed by atoms with E-state index in [2.05, 4.69) is 10.3 Å². The van der Waals surface area contributed by atoms with Gasteiger partial charge in [0.2, 0.25) is 5.88 Å². The largest absolute Gasteiger partial charge is 0.494 e. The van der Waals surface area contributed by atoms with Gasteiger partial charge in [-0.15, -0.1) is 0 Å². The van der Waals surface area contributed by atoms with Crippen molar-refractivity contribution in [3.63, 3.8) is 0 Å². The van der Waals surface area contributed by atoms with E-state index in [0.29, 0.717) is 40.9 Å². The molecule has 3 aromatic rings. The third kappa shape index (κ3) is 5.19. The average Bonchev–Trinajstić information content (AvgIpc) is 2.92. The number of nitrogens with one attached hydrogen (secondary N) is 2. The summed E-state index contributed by atoms with van der Waals surface area (Å²) < 4.78 is 1.02. The highest BCUT2D eigenvalue weighted by Crippen LogP contribution is 2.43. The number of imide groups is 2. The molecule has 2 aliphatic rings. The van der Waals surface area contributed by atoms with E-state index in [1.54, 1.807) is 67.6 Å². The Hall–Kier alpha value is -5.25. The van der Waals surface area contributed by atoms with Gasteiger partial charge < -0.3 is 5.11 Å². The standard InChI is InChI=1S/C31H28N4O6/c1-18-19(14-23-25(36)32-29(40)34(27(23)38)21-10-6-4-7-11-21)16-31(2,3)17-20(18)15-24-26(37)33-30(41)35(28(24)39)22-12-8-5-9-13-22/h4-15,38H,16-17H2,1-3H3,(H,32,36,40)(H,33,37,41). The number of hydrogen-bond acceptors (Lipinski definition) is 6. The van der Waals surface area contributed by atoms with Crippen molar-refractivity contribution in [3.8, 4) is 11.6 Å². The number of H-pyrrole nitrogens is 1. The topological polar surface area (TPSA) is 142 Å². The van der Waals surface area contributed by atoms with E-state index in [4.69, 9.17) is 0 Å². The van der Waals surface area contributed by atoms with Crippen LogP contribution in [0.2, 0.25) is 0 Å². The number of aromatic nitrogens is 2. The van der Waals surface area contributed by atoms with E-state index < -0.39 is 35.0 Å². The molecule has 0 unspecified atom stereocenters. The fraction of sp³-hybridized carbons (Fsp3) is 0.194. The first-order chi connectivity index (χ1) is 19.5. The number of carbonyl (C=O) groups is 3. The molecule has 0 bridgehead atoms. The molecular formula is C31H28N4O6. The molecule has 0 spiro atoms. The minimum absolute atomic E-state index is 0.0974. The summed E-state index contributed by atoms with van der Waals surface area (Å²) in [7, 11) is 0. The number of carbonyl (C=O) groups excluding carboxylic acids is 3. The quantitative estimate of drug-likeness (QED) is 0.331. The number of benzene rings is 2.